The highest BCUT2D eigenvalue weighted by Crippen LogP contribution is 2.22. The lowest BCUT2D eigenvalue weighted by Gasteiger charge is -2.10. The average Bonchev–Trinajstić information content (AvgIpc) is 2.90. The summed E-state index contributed by atoms with van der Waals surface area (Å²) < 4.78 is 5.38. The van der Waals surface area contributed by atoms with Crippen LogP contribution in [-0.4, -0.2) is 50.1 Å². The van der Waals surface area contributed by atoms with Gasteiger partial charge in [-0.05, 0) is 6.42 Å². The van der Waals surface area contributed by atoms with E-state index in [0.29, 0.717) is 24.6 Å². The molecule has 1 atom stereocenters. The van der Waals surface area contributed by atoms with Crippen LogP contribution in [0, 0.1) is 0 Å². The predicted octanol–water partition coefficient (Wildman–Crippen LogP) is 1.62. The number of aromatic nitrogens is 4. The summed E-state index contributed by atoms with van der Waals surface area (Å²) in [5, 5.41) is 10.6. The van der Waals surface area contributed by atoms with Crippen LogP contribution in [0.25, 0.3) is 11.2 Å². The molecule has 6 nitrogen and oxygen atoms in total. The summed E-state index contributed by atoms with van der Waals surface area (Å²) in [4.78, 5) is 15.3. The van der Waals surface area contributed by atoms with Crippen molar-refractivity contribution in [1.29, 1.82) is 0 Å². The highest BCUT2D eigenvalue weighted by atomic mass is 32.2. The number of rotatable bonds is 8. The maximum Gasteiger partial charge on any atom is 0.181 e. The van der Waals surface area contributed by atoms with Crippen molar-refractivity contribution in [2.75, 3.05) is 19.0 Å². The first-order valence-electron chi connectivity index (χ1n) is 6.34. The normalized spacial score (nSPS) is 12.9. The molecule has 0 aromatic carbocycles. The van der Waals surface area contributed by atoms with Crippen molar-refractivity contribution in [3.05, 3.63) is 12.7 Å². The Morgan fingerprint density at radius 3 is 3.16 bits per heavy atom. The summed E-state index contributed by atoms with van der Waals surface area (Å²) in [6.45, 7) is 3.18. The van der Waals surface area contributed by atoms with Crippen molar-refractivity contribution in [3.63, 3.8) is 0 Å². The fourth-order valence-corrected chi connectivity index (χ4v) is 2.40. The van der Waals surface area contributed by atoms with Gasteiger partial charge in [0.15, 0.2) is 5.65 Å². The molecular formula is C12H18N4O2S. The van der Waals surface area contributed by atoms with Crippen LogP contribution in [-0.2, 0) is 4.74 Å². The van der Waals surface area contributed by atoms with Gasteiger partial charge in [0.1, 0.15) is 16.9 Å². The van der Waals surface area contributed by atoms with Crippen molar-refractivity contribution >= 4 is 22.9 Å². The van der Waals surface area contributed by atoms with E-state index in [1.165, 1.54) is 18.1 Å². The van der Waals surface area contributed by atoms with Gasteiger partial charge in [-0.1, -0.05) is 13.3 Å². The Morgan fingerprint density at radius 2 is 2.32 bits per heavy atom. The Balaban J connectivity index is 1.80. The SMILES string of the molecule is CCCCOCC(O)CSc1ncnc2nc[nH]c12. The molecule has 2 heterocycles. The molecule has 2 aromatic rings. The third kappa shape index (κ3) is 4.15. The van der Waals surface area contributed by atoms with E-state index in [1.54, 1.807) is 6.33 Å². The third-order valence-corrected chi connectivity index (χ3v) is 3.69. The van der Waals surface area contributed by atoms with Gasteiger partial charge in [0.05, 0.1) is 19.0 Å². The van der Waals surface area contributed by atoms with Crippen molar-refractivity contribution in [2.45, 2.75) is 30.9 Å². The minimum absolute atomic E-state index is 0.365. The molecule has 0 aliphatic rings. The summed E-state index contributed by atoms with van der Waals surface area (Å²) in [6, 6.07) is 0. The first kappa shape index (κ1) is 14.2. The number of nitrogens with one attached hydrogen (secondary N) is 1. The number of ether oxygens (including phenoxy) is 1. The second kappa shape index (κ2) is 7.42. The molecule has 0 radical (unpaired) electrons. The second-order valence-electron chi connectivity index (χ2n) is 4.17. The maximum atomic E-state index is 9.82. The molecule has 2 N–H and O–H groups in total. The number of H-pyrrole nitrogens is 1. The molecule has 0 fully saturated rings. The van der Waals surface area contributed by atoms with Gasteiger partial charge in [-0.2, -0.15) is 0 Å². The lowest BCUT2D eigenvalue weighted by molar-refractivity contribution is 0.0473. The van der Waals surface area contributed by atoms with Crippen LogP contribution < -0.4 is 0 Å². The van der Waals surface area contributed by atoms with Crippen molar-refractivity contribution in [2.24, 2.45) is 0 Å². The Labute approximate surface area is 116 Å². The van der Waals surface area contributed by atoms with Crippen LogP contribution in [0.1, 0.15) is 19.8 Å². The number of fused-ring (bicyclic) bond motifs is 1. The van der Waals surface area contributed by atoms with Crippen molar-refractivity contribution < 1.29 is 9.84 Å². The molecular weight excluding hydrogens is 264 g/mol. The molecule has 0 aliphatic heterocycles. The summed E-state index contributed by atoms with van der Waals surface area (Å²) in [7, 11) is 0. The van der Waals surface area contributed by atoms with Gasteiger partial charge in [-0.3, -0.25) is 0 Å². The van der Waals surface area contributed by atoms with Gasteiger partial charge in [-0.15, -0.1) is 11.8 Å². The van der Waals surface area contributed by atoms with Crippen LogP contribution in [0.2, 0.25) is 0 Å². The number of hydrogen-bond donors (Lipinski definition) is 2. The van der Waals surface area contributed by atoms with Gasteiger partial charge >= 0.3 is 0 Å². The lowest BCUT2D eigenvalue weighted by Crippen LogP contribution is -2.18. The van der Waals surface area contributed by atoms with Gasteiger partial charge in [0.2, 0.25) is 0 Å². The van der Waals surface area contributed by atoms with Gasteiger partial charge in [0, 0.05) is 12.4 Å². The highest BCUT2D eigenvalue weighted by Gasteiger charge is 2.10. The Kier molecular flexibility index (Phi) is 5.56. The van der Waals surface area contributed by atoms with E-state index in [2.05, 4.69) is 26.9 Å². The van der Waals surface area contributed by atoms with E-state index >= 15 is 0 Å². The molecule has 104 valence electrons. The van der Waals surface area contributed by atoms with Crippen LogP contribution >= 0.6 is 11.8 Å². The zero-order valence-electron chi connectivity index (χ0n) is 10.9. The number of aromatic amines is 1. The molecule has 2 rings (SSSR count). The van der Waals surface area contributed by atoms with Gasteiger partial charge in [-0.25, -0.2) is 15.0 Å². The molecule has 0 saturated carbocycles. The largest absolute Gasteiger partial charge is 0.390 e. The molecule has 1 unspecified atom stereocenters. The molecule has 0 spiro atoms. The minimum Gasteiger partial charge on any atom is -0.390 e. The number of imidazole rings is 1. The Morgan fingerprint density at radius 1 is 1.42 bits per heavy atom. The molecule has 0 saturated heterocycles. The van der Waals surface area contributed by atoms with Crippen molar-refractivity contribution in [3.8, 4) is 0 Å². The fourth-order valence-electron chi connectivity index (χ4n) is 1.54. The van der Waals surface area contributed by atoms with E-state index in [-0.39, 0.29) is 0 Å². The Bertz CT molecular complexity index is 505. The number of thioether (sulfide) groups is 1. The van der Waals surface area contributed by atoms with E-state index in [1.807, 2.05) is 0 Å². The molecule has 19 heavy (non-hydrogen) atoms. The second-order valence-corrected chi connectivity index (χ2v) is 5.18. The first-order valence-corrected chi connectivity index (χ1v) is 7.32. The number of aliphatic hydroxyl groups is 1. The Hall–Kier alpha value is -1.18. The zero-order chi connectivity index (χ0) is 13.5. The number of aliphatic hydroxyl groups excluding tert-OH is 1. The van der Waals surface area contributed by atoms with Crippen molar-refractivity contribution in [1.82, 2.24) is 19.9 Å². The highest BCUT2D eigenvalue weighted by molar-refractivity contribution is 7.99. The molecule has 0 aliphatic carbocycles. The lowest BCUT2D eigenvalue weighted by atomic mass is 10.3. The molecule has 0 amide bonds. The number of hydrogen-bond acceptors (Lipinski definition) is 6. The fraction of sp³-hybridized carbons (Fsp3) is 0.583. The van der Waals surface area contributed by atoms with Crippen LogP contribution in [0.5, 0.6) is 0 Å². The molecule has 0 bridgehead atoms. The summed E-state index contributed by atoms with van der Waals surface area (Å²) >= 11 is 1.47. The summed E-state index contributed by atoms with van der Waals surface area (Å²) in [5.74, 6) is 0.539. The van der Waals surface area contributed by atoms with E-state index in [9.17, 15) is 5.11 Å². The molecule has 7 heteroatoms. The summed E-state index contributed by atoms with van der Waals surface area (Å²) in [6.07, 6.45) is 4.71. The third-order valence-electron chi connectivity index (χ3n) is 2.55. The van der Waals surface area contributed by atoms with Gasteiger partial charge in [0.25, 0.3) is 0 Å². The summed E-state index contributed by atoms with van der Waals surface area (Å²) in [5.41, 5.74) is 1.46. The van der Waals surface area contributed by atoms with Crippen LogP contribution in [0.4, 0.5) is 0 Å². The predicted molar refractivity (Wildman–Crippen MR) is 74.1 cm³/mol. The van der Waals surface area contributed by atoms with Gasteiger partial charge < -0.3 is 14.8 Å². The maximum absolute atomic E-state index is 9.82. The van der Waals surface area contributed by atoms with E-state index < -0.39 is 6.10 Å². The topological polar surface area (TPSA) is 83.9 Å². The van der Waals surface area contributed by atoms with Crippen LogP contribution in [0.15, 0.2) is 17.7 Å². The first-order chi connectivity index (χ1) is 9.31. The standard InChI is InChI=1S/C12H18N4O2S/c1-2-3-4-18-5-9(17)6-19-12-10-11(14-7-13-10)15-8-16-12/h7-9,17H,2-6H2,1H3,(H,13,14,15,16). The smallest absolute Gasteiger partial charge is 0.181 e. The average molecular weight is 282 g/mol. The minimum atomic E-state index is -0.491. The molecule has 2 aromatic heterocycles. The number of nitrogens with zero attached hydrogens (tertiary/aromatic N) is 3. The monoisotopic (exact) mass is 282 g/mol. The van der Waals surface area contributed by atoms with Crippen LogP contribution in [0.3, 0.4) is 0 Å². The van der Waals surface area contributed by atoms with E-state index in [4.69, 9.17) is 4.74 Å². The quantitative estimate of drug-likeness (QED) is 0.435. The van der Waals surface area contributed by atoms with E-state index in [0.717, 1.165) is 23.4 Å². The number of unbranched alkanes of at least 4 members (excludes halogenated alkanes) is 1. The zero-order valence-corrected chi connectivity index (χ0v) is 11.7.